The van der Waals surface area contributed by atoms with Crippen LogP contribution in [0.1, 0.15) is 23.6 Å². The Kier molecular flexibility index (Phi) is 4.99. The van der Waals surface area contributed by atoms with Gasteiger partial charge in [0, 0.05) is 38.3 Å². The summed E-state index contributed by atoms with van der Waals surface area (Å²) < 4.78 is 0. The number of rotatable bonds is 5. The number of hydrogen-bond acceptors (Lipinski definition) is 5. The maximum atomic E-state index is 11.0. The summed E-state index contributed by atoms with van der Waals surface area (Å²) in [5.74, 6) is 0. The van der Waals surface area contributed by atoms with Gasteiger partial charge in [-0.15, -0.1) is 0 Å². The lowest BCUT2D eigenvalue weighted by Crippen LogP contribution is -2.18. The number of nitro groups is 1. The highest BCUT2D eigenvalue weighted by molar-refractivity contribution is 6.03. The lowest BCUT2D eigenvalue weighted by atomic mass is 9.98. The van der Waals surface area contributed by atoms with E-state index in [4.69, 9.17) is 5.10 Å². The van der Waals surface area contributed by atoms with Gasteiger partial charge in [-0.05, 0) is 35.4 Å². The van der Waals surface area contributed by atoms with E-state index in [1.165, 1.54) is 12.1 Å². The highest BCUT2D eigenvalue weighted by Gasteiger charge is 2.30. The van der Waals surface area contributed by atoms with E-state index in [-0.39, 0.29) is 16.7 Å². The van der Waals surface area contributed by atoms with Crippen LogP contribution in [0, 0.1) is 10.1 Å². The number of anilines is 2. The molecule has 0 aromatic heterocycles. The summed E-state index contributed by atoms with van der Waals surface area (Å²) in [6, 6.07) is 25.2. The average Bonchev–Trinajstić information content (AvgIpc) is 3.20. The topological polar surface area (TPSA) is 62.0 Å². The standard InChI is InChI=1S/C23H22N4O2/c1-25(2)19-10-8-18(9-11-19)23-16-22(17-6-4-3-5-7-17)24-26(23)20-12-14-21(15-13-20)27(28)29/h3-15,23H,16H2,1-2H3/t23-/m0/s1. The Hall–Kier alpha value is -3.67. The van der Waals surface area contributed by atoms with Crippen LogP contribution in [0.5, 0.6) is 0 Å². The van der Waals surface area contributed by atoms with Gasteiger partial charge in [-0.1, -0.05) is 42.5 Å². The number of nitrogens with zero attached hydrogens (tertiary/aromatic N) is 4. The van der Waals surface area contributed by atoms with Crippen molar-refractivity contribution in [2.24, 2.45) is 5.10 Å². The molecule has 3 aromatic rings. The monoisotopic (exact) mass is 386 g/mol. The van der Waals surface area contributed by atoms with Crippen LogP contribution >= 0.6 is 0 Å². The zero-order chi connectivity index (χ0) is 20.4. The number of benzene rings is 3. The van der Waals surface area contributed by atoms with E-state index in [0.717, 1.165) is 34.6 Å². The van der Waals surface area contributed by atoms with Crippen LogP contribution in [-0.4, -0.2) is 24.7 Å². The predicted octanol–water partition coefficient (Wildman–Crippen LogP) is 5.02. The quantitative estimate of drug-likeness (QED) is 0.456. The van der Waals surface area contributed by atoms with E-state index < -0.39 is 0 Å². The summed E-state index contributed by atoms with van der Waals surface area (Å²) in [7, 11) is 4.04. The van der Waals surface area contributed by atoms with Crippen molar-refractivity contribution in [3.05, 3.63) is 100 Å². The zero-order valence-corrected chi connectivity index (χ0v) is 16.4. The fraction of sp³-hybridized carbons (Fsp3) is 0.174. The minimum absolute atomic E-state index is 0.0304. The van der Waals surface area contributed by atoms with Crippen molar-refractivity contribution in [2.75, 3.05) is 24.0 Å². The van der Waals surface area contributed by atoms with Gasteiger partial charge in [0.05, 0.1) is 22.4 Å². The molecule has 1 aliphatic rings. The number of non-ortho nitro benzene ring substituents is 1. The first-order chi connectivity index (χ1) is 14.0. The number of nitro benzene ring substituents is 1. The molecular weight excluding hydrogens is 364 g/mol. The molecule has 0 spiro atoms. The lowest BCUT2D eigenvalue weighted by Gasteiger charge is -2.24. The van der Waals surface area contributed by atoms with Gasteiger partial charge in [0.25, 0.3) is 5.69 Å². The van der Waals surface area contributed by atoms with Crippen molar-refractivity contribution in [3.63, 3.8) is 0 Å². The third kappa shape index (κ3) is 3.82. The minimum atomic E-state index is -0.385. The Balaban J connectivity index is 1.71. The van der Waals surface area contributed by atoms with Crippen molar-refractivity contribution in [1.29, 1.82) is 0 Å². The number of hydrogen-bond donors (Lipinski definition) is 0. The molecule has 0 saturated heterocycles. The van der Waals surface area contributed by atoms with E-state index in [0.29, 0.717) is 0 Å². The Morgan fingerprint density at radius 3 is 2.21 bits per heavy atom. The van der Waals surface area contributed by atoms with E-state index in [1.54, 1.807) is 12.1 Å². The molecule has 0 saturated carbocycles. The van der Waals surface area contributed by atoms with Gasteiger partial charge < -0.3 is 4.90 Å². The highest BCUT2D eigenvalue weighted by atomic mass is 16.6. The molecule has 4 rings (SSSR count). The van der Waals surface area contributed by atoms with Crippen LogP contribution in [0.25, 0.3) is 0 Å². The molecule has 0 N–H and O–H groups in total. The van der Waals surface area contributed by atoms with Gasteiger partial charge in [0.1, 0.15) is 0 Å². The van der Waals surface area contributed by atoms with Gasteiger partial charge >= 0.3 is 0 Å². The molecule has 1 aliphatic heterocycles. The Bertz CT molecular complexity index is 1030. The molecular formula is C23H22N4O2. The van der Waals surface area contributed by atoms with Crippen LogP contribution in [0.4, 0.5) is 17.1 Å². The molecule has 6 heteroatoms. The smallest absolute Gasteiger partial charge is 0.269 e. The molecule has 0 aliphatic carbocycles. The van der Waals surface area contributed by atoms with Crippen LogP contribution in [0.15, 0.2) is 84.0 Å². The lowest BCUT2D eigenvalue weighted by molar-refractivity contribution is -0.384. The third-order valence-electron chi connectivity index (χ3n) is 5.14. The van der Waals surface area contributed by atoms with Crippen LogP contribution in [0.2, 0.25) is 0 Å². The molecule has 1 heterocycles. The summed E-state index contributed by atoms with van der Waals surface area (Å²) in [4.78, 5) is 12.7. The Labute approximate surface area is 169 Å². The second kappa shape index (κ2) is 7.75. The average molecular weight is 386 g/mol. The van der Waals surface area contributed by atoms with E-state index in [9.17, 15) is 10.1 Å². The Morgan fingerprint density at radius 1 is 0.966 bits per heavy atom. The second-order valence-electron chi connectivity index (χ2n) is 7.24. The van der Waals surface area contributed by atoms with Gasteiger partial charge in [-0.3, -0.25) is 15.1 Å². The summed E-state index contributed by atoms with van der Waals surface area (Å²) in [6.07, 6.45) is 0.766. The first kappa shape index (κ1) is 18.7. The minimum Gasteiger partial charge on any atom is -0.378 e. The van der Waals surface area contributed by atoms with Crippen molar-refractivity contribution in [3.8, 4) is 0 Å². The zero-order valence-electron chi connectivity index (χ0n) is 16.4. The van der Waals surface area contributed by atoms with Gasteiger partial charge in [-0.2, -0.15) is 5.10 Å². The summed E-state index contributed by atoms with van der Waals surface area (Å²) in [5.41, 5.74) is 5.30. The number of hydrazone groups is 1. The fourth-order valence-electron chi connectivity index (χ4n) is 3.53. The molecule has 1 atom stereocenters. The van der Waals surface area contributed by atoms with Crippen molar-refractivity contribution in [1.82, 2.24) is 0 Å². The normalized spacial score (nSPS) is 15.9. The van der Waals surface area contributed by atoms with Gasteiger partial charge in [0.2, 0.25) is 0 Å². The van der Waals surface area contributed by atoms with Crippen LogP contribution in [-0.2, 0) is 0 Å². The largest absolute Gasteiger partial charge is 0.378 e. The maximum Gasteiger partial charge on any atom is 0.269 e. The molecule has 0 amide bonds. The van der Waals surface area contributed by atoms with Crippen molar-refractivity contribution >= 4 is 22.8 Å². The SMILES string of the molecule is CN(C)c1ccc([C@@H]2CC(c3ccccc3)=NN2c2ccc([N+](=O)[O-])cc2)cc1. The first-order valence-electron chi connectivity index (χ1n) is 9.47. The van der Waals surface area contributed by atoms with E-state index in [2.05, 4.69) is 41.3 Å². The van der Waals surface area contributed by atoms with Crippen LogP contribution < -0.4 is 9.91 Å². The van der Waals surface area contributed by atoms with Crippen molar-refractivity contribution < 1.29 is 4.92 Å². The second-order valence-corrected chi connectivity index (χ2v) is 7.24. The molecule has 146 valence electrons. The molecule has 0 fully saturated rings. The molecule has 6 nitrogen and oxygen atoms in total. The molecule has 0 bridgehead atoms. The summed E-state index contributed by atoms with van der Waals surface area (Å²) in [6.45, 7) is 0. The summed E-state index contributed by atoms with van der Waals surface area (Å²) in [5, 5.41) is 17.9. The summed E-state index contributed by atoms with van der Waals surface area (Å²) >= 11 is 0. The fourth-order valence-corrected chi connectivity index (χ4v) is 3.53. The molecule has 3 aromatic carbocycles. The van der Waals surface area contributed by atoms with Crippen molar-refractivity contribution in [2.45, 2.75) is 12.5 Å². The third-order valence-corrected chi connectivity index (χ3v) is 5.14. The maximum absolute atomic E-state index is 11.0. The first-order valence-corrected chi connectivity index (χ1v) is 9.47. The predicted molar refractivity (Wildman–Crippen MR) is 117 cm³/mol. The van der Waals surface area contributed by atoms with Gasteiger partial charge in [-0.25, -0.2) is 0 Å². The van der Waals surface area contributed by atoms with E-state index in [1.807, 2.05) is 37.3 Å². The molecule has 29 heavy (non-hydrogen) atoms. The Morgan fingerprint density at radius 2 is 1.62 bits per heavy atom. The van der Waals surface area contributed by atoms with Crippen LogP contribution in [0.3, 0.4) is 0 Å². The molecule has 0 radical (unpaired) electrons. The van der Waals surface area contributed by atoms with Gasteiger partial charge in [0.15, 0.2) is 0 Å². The van der Waals surface area contributed by atoms with E-state index >= 15 is 0 Å². The highest BCUT2D eigenvalue weighted by Crippen LogP contribution is 2.37. The molecule has 0 unspecified atom stereocenters.